The summed E-state index contributed by atoms with van der Waals surface area (Å²) in [6.45, 7) is 1.75. The lowest BCUT2D eigenvalue weighted by Gasteiger charge is -1.93. The zero-order valence-electron chi connectivity index (χ0n) is 5.47. The van der Waals surface area contributed by atoms with E-state index in [1.165, 1.54) is 0 Å². The SMILES string of the molecule is CCc1ncoc1C(F)F. The van der Waals surface area contributed by atoms with E-state index < -0.39 is 6.43 Å². The summed E-state index contributed by atoms with van der Waals surface area (Å²) in [6.07, 6.45) is -1.02. The molecular formula is C6H7F2NO. The highest BCUT2D eigenvalue weighted by atomic mass is 19.3. The molecule has 0 N–H and O–H groups in total. The van der Waals surface area contributed by atoms with E-state index in [9.17, 15) is 8.78 Å². The Bertz CT molecular complexity index is 209. The second kappa shape index (κ2) is 2.77. The van der Waals surface area contributed by atoms with Crippen molar-refractivity contribution in [2.75, 3.05) is 0 Å². The molecule has 0 aliphatic carbocycles. The standard InChI is InChI=1S/C6H7F2NO/c1-2-4-5(6(7)8)10-3-9-4/h3,6H,2H2,1H3. The quantitative estimate of drug-likeness (QED) is 0.640. The van der Waals surface area contributed by atoms with Crippen LogP contribution in [0, 0.1) is 0 Å². The van der Waals surface area contributed by atoms with E-state index in [0.717, 1.165) is 6.39 Å². The number of aromatic nitrogens is 1. The van der Waals surface area contributed by atoms with E-state index in [2.05, 4.69) is 9.40 Å². The monoisotopic (exact) mass is 147 g/mol. The molecule has 2 nitrogen and oxygen atoms in total. The van der Waals surface area contributed by atoms with Crippen LogP contribution in [0.1, 0.15) is 24.8 Å². The minimum absolute atomic E-state index is 0.303. The number of hydrogen-bond donors (Lipinski definition) is 0. The van der Waals surface area contributed by atoms with Gasteiger partial charge in [-0.15, -0.1) is 0 Å². The average molecular weight is 147 g/mol. The first kappa shape index (κ1) is 7.18. The zero-order valence-corrected chi connectivity index (χ0v) is 5.47. The van der Waals surface area contributed by atoms with Crippen molar-refractivity contribution >= 4 is 0 Å². The summed E-state index contributed by atoms with van der Waals surface area (Å²) in [6, 6.07) is 0. The van der Waals surface area contributed by atoms with Crippen LogP contribution in [-0.4, -0.2) is 4.98 Å². The predicted molar refractivity (Wildman–Crippen MR) is 30.8 cm³/mol. The van der Waals surface area contributed by atoms with Gasteiger partial charge < -0.3 is 4.42 Å². The topological polar surface area (TPSA) is 26.0 Å². The molecule has 0 spiro atoms. The second-order valence-corrected chi connectivity index (χ2v) is 1.82. The molecule has 0 saturated carbocycles. The van der Waals surface area contributed by atoms with Gasteiger partial charge in [0.15, 0.2) is 12.2 Å². The molecule has 1 aromatic rings. The molecule has 0 saturated heterocycles. The van der Waals surface area contributed by atoms with Crippen LogP contribution in [0.15, 0.2) is 10.8 Å². The number of oxazole rings is 1. The van der Waals surface area contributed by atoms with Gasteiger partial charge in [0.1, 0.15) is 0 Å². The summed E-state index contributed by atoms with van der Waals surface area (Å²) in [4.78, 5) is 3.61. The lowest BCUT2D eigenvalue weighted by molar-refractivity contribution is 0.120. The summed E-state index contributed by atoms with van der Waals surface area (Å²) in [5.41, 5.74) is 0.343. The number of aryl methyl sites for hydroxylation is 1. The molecule has 56 valence electrons. The van der Waals surface area contributed by atoms with Gasteiger partial charge in [0.25, 0.3) is 6.43 Å². The first-order chi connectivity index (χ1) is 4.75. The van der Waals surface area contributed by atoms with E-state index >= 15 is 0 Å². The van der Waals surface area contributed by atoms with Gasteiger partial charge in [-0.3, -0.25) is 0 Å². The van der Waals surface area contributed by atoms with Gasteiger partial charge in [-0.25, -0.2) is 13.8 Å². The van der Waals surface area contributed by atoms with Crippen LogP contribution in [0.3, 0.4) is 0 Å². The number of alkyl halides is 2. The summed E-state index contributed by atoms with van der Waals surface area (Å²) >= 11 is 0. The maximum absolute atomic E-state index is 11.9. The highest BCUT2D eigenvalue weighted by Gasteiger charge is 2.16. The molecule has 0 radical (unpaired) electrons. The third-order valence-electron chi connectivity index (χ3n) is 1.21. The van der Waals surface area contributed by atoms with Gasteiger partial charge in [-0.05, 0) is 6.42 Å². The third kappa shape index (κ3) is 1.15. The zero-order chi connectivity index (χ0) is 7.56. The molecule has 0 aromatic carbocycles. The fourth-order valence-corrected chi connectivity index (χ4v) is 0.721. The van der Waals surface area contributed by atoms with Crippen molar-refractivity contribution in [2.24, 2.45) is 0 Å². The molecule has 0 bridgehead atoms. The Labute approximate surface area is 56.9 Å². The van der Waals surface area contributed by atoms with Crippen LogP contribution in [0.5, 0.6) is 0 Å². The molecule has 10 heavy (non-hydrogen) atoms. The molecule has 0 fully saturated rings. The molecule has 0 aliphatic heterocycles. The highest BCUT2D eigenvalue weighted by molar-refractivity contribution is 5.07. The van der Waals surface area contributed by atoms with Crippen molar-refractivity contribution in [1.82, 2.24) is 4.98 Å². The van der Waals surface area contributed by atoms with Crippen LogP contribution in [0.2, 0.25) is 0 Å². The van der Waals surface area contributed by atoms with Gasteiger partial charge in [-0.1, -0.05) is 6.92 Å². The average Bonchev–Trinajstić information content (AvgIpc) is 2.33. The van der Waals surface area contributed by atoms with E-state index in [1.807, 2.05) is 0 Å². The minimum Gasteiger partial charge on any atom is -0.442 e. The van der Waals surface area contributed by atoms with E-state index in [-0.39, 0.29) is 5.76 Å². The van der Waals surface area contributed by atoms with Crippen LogP contribution >= 0.6 is 0 Å². The van der Waals surface area contributed by atoms with E-state index in [1.54, 1.807) is 6.92 Å². The number of hydrogen-bond acceptors (Lipinski definition) is 2. The molecule has 1 rings (SSSR count). The maximum Gasteiger partial charge on any atom is 0.297 e. The largest absolute Gasteiger partial charge is 0.442 e. The lowest BCUT2D eigenvalue weighted by atomic mass is 10.3. The van der Waals surface area contributed by atoms with Crippen molar-refractivity contribution in [3.05, 3.63) is 17.8 Å². The first-order valence-corrected chi connectivity index (χ1v) is 2.96. The fourth-order valence-electron chi connectivity index (χ4n) is 0.721. The predicted octanol–water partition coefficient (Wildman–Crippen LogP) is 2.17. The van der Waals surface area contributed by atoms with Crippen molar-refractivity contribution < 1.29 is 13.2 Å². The smallest absolute Gasteiger partial charge is 0.297 e. The van der Waals surface area contributed by atoms with Crippen LogP contribution in [0.25, 0.3) is 0 Å². The Hall–Kier alpha value is -0.930. The van der Waals surface area contributed by atoms with Gasteiger partial charge in [0.2, 0.25) is 0 Å². The minimum atomic E-state index is -2.54. The molecule has 4 heteroatoms. The Morgan fingerprint density at radius 2 is 2.40 bits per heavy atom. The van der Waals surface area contributed by atoms with Crippen molar-refractivity contribution in [2.45, 2.75) is 19.8 Å². The third-order valence-corrected chi connectivity index (χ3v) is 1.21. The number of rotatable bonds is 2. The Morgan fingerprint density at radius 3 is 2.80 bits per heavy atom. The Balaban J connectivity index is 2.90. The molecule has 1 aromatic heterocycles. The van der Waals surface area contributed by atoms with E-state index in [0.29, 0.717) is 12.1 Å². The molecular weight excluding hydrogens is 140 g/mol. The van der Waals surface area contributed by atoms with Crippen molar-refractivity contribution in [3.63, 3.8) is 0 Å². The lowest BCUT2D eigenvalue weighted by Crippen LogP contribution is -1.88. The van der Waals surface area contributed by atoms with Crippen LogP contribution in [-0.2, 0) is 6.42 Å². The number of halogens is 2. The van der Waals surface area contributed by atoms with Crippen LogP contribution < -0.4 is 0 Å². The summed E-state index contributed by atoms with van der Waals surface area (Å²) in [5, 5.41) is 0. The maximum atomic E-state index is 11.9. The first-order valence-electron chi connectivity index (χ1n) is 2.96. The van der Waals surface area contributed by atoms with Gasteiger partial charge in [0.05, 0.1) is 5.69 Å². The molecule has 0 atom stereocenters. The summed E-state index contributed by atoms with van der Waals surface area (Å²) in [5.74, 6) is -0.303. The van der Waals surface area contributed by atoms with Gasteiger partial charge in [0, 0.05) is 0 Å². The van der Waals surface area contributed by atoms with E-state index in [4.69, 9.17) is 0 Å². The van der Waals surface area contributed by atoms with Gasteiger partial charge in [-0.2, -0.15) is 0 Å². The molecule has 0 aliphatic rings. The molecule has 0 amide bonds. The molecule has 1 heterocycles. The second-order valence-electron chi connectivity index (χ2n) is 1.82. The Morgan fingerprint density at radius 1 is 1.70 bits per heavy atom. The van der Waals surface area contributed by atoms with Gasteiger partial charge >= 0.3 is 0 Å². The number of nitrogens with zero attached hydrogens (tertiary/aromatic N) is 1. The highest BCUT2D eigenvalue weighted by Crippen LogP contribution is 2.21. The fraction of sp³-hybridized carbons (Fsp3) is 0.500. The normalized spacial score (nSPS) is 10.8. The van der Waals surface area contributed by atoms with Crippen molar-refractivity contribution in [3.8, 4) is 0 Å². The summed E-state index contributed by atoms with van der Waals surface area (Å²) in [7, 11) is 0. The van der Waals surface area contributed by atoms with Crippen LogP contribution in [0.4, 0.5) is 8.78 Å². The summed E-state index contributed by atoms with van der Waals surface area (Å²) < 4.78 is 28.3. The van der Waals surface area contributed by atoms with Crippen molar-refractivity contribution in [1.29, 1.82) is 0 Å². The Kier molecular flexibility index (Phi) is 1.99. The molecule has 0 unspecified atom stereocenters.